The molecule has 0 fully saturated rings. The first-order valence-electron chi connectivity index (χ1n) is 7.38. The van der Waals surface area contributed by atoms with Gasteiger partial charge in [-0.15, -0.1) is 0 Å². The summed E-state index contributed by atoms with van der Waals surface area (Å²) in [5, 5.41) is 2.62. The van der Waals surface area contributed by atoms with Gasteiger partial charge >= 0.3 is 0 Å². The minimum absolute atomic E-state index is 0.173. The molecule has 0 aliphatic rings. The molecule has 1 aromatic heterocycles. The fourth-order valence-corrected chi connectivity index (χ4v) is 2.30. The number of hydrogen-bond donors (Lipinski definition) is 1. The predicted octanol–water partition coefficient (Wildman–Crippen LogP) is 3.14. The molecule has 1 amide bonds. The van der Waals surface area contributed by atoms with Gasteiger partial charge < -0.3 is 9.88 Å². The van der Waals surface area contributed by atoms with Crippen LogP contribution in [0.3, 0.4) is 0 Å². The van der Waals surface area contributed by atoms with Crippen LogP contribution >= 0.6 is 0 Å². The number of imidazole rings is 1. The third-order valence-electron chi connectivity index (χ3n) is 3.58. The molecule has 0 saturated heterocycles. The molecule has 122 valence electrons. The van der Waals surface area contributed by atoms with Crippen LogP contribution in [0.1, 0.15) is 21.5 Å². The summed E-state index contributed by atoms with van der Waals surface area (Å²) in [7, 11) is 0. The first kappa shape index (κ1) is 15.9. The molecule has 0 unspecified atom stereocenters. The molecule has 2 aromatic carbocycles. The highest BCUT2D eigenvalue weighted by atomic mass is 19.1. The number of rotatable bonds is 5. The summed E-state index contributed by atoms with van der Waals surface area (Å²) in [6.45, 7) is 0.981. The summed E-state index contributed by atoms with van der Waals surface area (Å²) in [5.41, 5.74) is 1.82. The minimum Gasteiger partial charge on any atom is -0.348 e. The minimum atomic E-state index is -0.872. The molecule has 3 aromatic rings. The van der Waals surface area contributed by atoms with Crippen LogP contribution in [-0.2, 0) is 13.1 Å². The largest absolute Gasteiger partial charge is 0.348 e. The van der Waals surface area contributed by atoms with Crippen LogP contribution in [0.4, 0.5) is 8.78 Å². The zero-order chi connectivity index (χ0) is 16.9. The fraction of sp³-hybridized carbons (Fsp3) is 0.111. The Kier molecular flexibility index (Phi) is 4.65. The van der Waals surface area contributed by atoms with Crippen LogP contribution in [-0.4, -0.2) is 15.5 Å². The highest BCUT2D eigenvalue weighted by Crippen LogP contribution is 2.10. The van der Waals surface area contributed by atoms with Gasteiger partial charge in [0.1, 0.15) is 11.6 Å². The number of halogens is 2. The van der Waals surface area contributed by atoms with Crippen LogP contribution in [0, 0.1) is 11.6 Å². The zero-order valence-corrected chi connectivity index (χ0v) is 12.7. The molecule has 0 aliphatic carbocycles. The number of aromatic nitrogens is 2. The van der Waals surface area contributed by atoms with Gasteiger partial charge in [-0.05, 0) is 23.3 Å². The van der Waals surface area contributed by atoms with Gasteiger partial charge in [-0.3, -0.25) is 4.79 Å². The molecular weight excluding hydrogens is 312 g/mol. The van der Waals surface area contributed by atoms with Gasteiger partial charge in [0.15, 0.2) is 0 Å². The quantitative estimate of drug-likeness (QED) is 0.782. The van der Waals surface area contributed by atoms with E-state index in [-0.39, 0.29) is 12.1 Å². The van der Waals surface area contributed by atoms with Crippen molar-refractivity contribution in [3.05, 3.63) is 89.5 Å². The highest BCUT2D eigenvalue weighted by molar-refractivity contribution is 5.94. The van der Waals surface area contributed by atoms with Crippen molar-refractivity contribution in [2.75, 3.05) is 0 Å². The van der Waals surface area contributed by atoms with Crippen LogP contribution in [0.5, 0.6) is 0 Å². The van der Waals surface area contributed by atoms with Crippen molar-refractivity contribution in [1.29, 1.82) is 0 Å². The molecule has 0 bridgehead atoms. The lowest BCUT2D eigenvalue weighted by molar-refractivity contribution is 0.0947. The molecular formula is C18H15F2N3O. The molecule has 0 atom stereocenters. The van der Waals surface area contributed by atoms with Gasteiger partial charge in [0, 0.05) is 31.5 Å². The van der Waals surface area contributed by atoms with Crippen molar-refractivity contribution < 1.29 is 13.6 Å². The van der Waals surface area contributed by atoms with Crippen molar-refractivity contribution in [2.24, 2.45) is 0 Å². The average Bonchev–Trinajstić information content (AvgIpc) is 3.07. The maximum absolute atomic E-state index is 13.6. The number of hydrogen-bond acceptors (Lipinski definition) is 2. The monoisotopic (exact) mass is 327 g/mol. The molecule has 24 heavy (non-hydrogen) atoms. The molecule has 0 saturated carbocycles. The van der Waals surface area contributed by atoms with Gasteiger partial charge in [0.2, 0.25) is 0 Å². The Bertz CT molecular complexity index is 830. The Hall–Kier alpha value is -3.02. The number of carbonyl (C=O) groups excluding carboxylic acids is 1. The Balaban J connectivity index is 1.59. The smallest absolute Gasteiger partial charge is 0.254 e. The van der Waals surface area contributed by atoms with E-state index in [4.69, 9.17) is 0 Å². The van der Waals surface area contributed by atoms with Crippen LogP contribution in [0.15, 0.2) is 61.2 Å². The van der Waals surface area contributed by atoms with E-state index < -0.39 is 17.5 Å². The lowest BCUT2D eigenvalue weighted by atomic mass is 10.1. The fourth-order valence-electron chi connectivity index (χ4n) is 2.30. The second-order valence-corrected chi connectivity index (χ2v) is 5.36. The second kappa shape index (κ2) is 7.04. The van der Waals surface area contributed by atoms with E-state index in [1.807, 2.05) is 35.0 Å². The van der Waals surface area contributed by atoms with E-state index in [1.54, 1.807) is 12.5 Å². The first-order valence-corrected chi connectivity index (χ1v) is 7.38. The molecule has 0 spiro atoms. The molecule has 6 heteroatoms. The van der Waals surface area contributed by atoms with Crippen LogP contribution < -0.4 is 5.32 Å². The van der Waals surface area contributed by atoms with Gasteiger partial charge in [0.05, 0.1) is 11.9 Å². The van der Waals surface area contributed by atoms with E-state index in [0.29, 0.717) is 12.6 Å². The Morgan fingerprint density at radius 3 is 2.50 bits per heavy atom. The standard InChI is InChI=1S/C18H15F2N3O/c19-15-5-6-16(17(20)9-15)18(24)22-10-13-1-3-14(4-2-13)11-23-8-7-21-12-23/h1-9,12H,10-11H2,(H,22,24). The van der Waals surface area contributed by atoms with Gasteiger partial charge in [0.25, 0.3) is 5.91 Å². The van der Waals surface area contributed by atoms with E-state index in [2.05, 4.69) is 10.3 Å². The van der Waals surface area contributed by atoms with Gasteiger partial charge in [-0.1, -0.05) is 24.3 Å². The SMILES string of the molecule is O=C(NCc1ccc(Cn2ccnc2)cc1)c1ccc(F)cc1F. The van der Waals surface area contributed by atoms with E-state index in [1.165, 1.54) is 0 Å². The van der Waals surface area contributed by atoms with E-state index in [0.717, 1.165) is 23.3 Å². The summed E-state index contributed by atoms with van der Waals surface area (Å²) in [4.78, 5) is 15.9. The molecule has 0 radical (unpaired) electrons. The summed E-state index contributed by atoms with van der Waals surface area (Å²) in [6.07, 6.45) is 5.34. The third kappa shape index (κ3) is 3.84. The number of carbonyl (C=O) groups is 1. The Labute approximate surface area is 137 Å². The van der Waals surface area contributed by atoms with Crippen molar-refractivity contribution >= 4 is 5.91 Å². The predicted molar refractivity (Wildman–Crippen MR) is 85.3 cm³/mol. The summed E-state index contributed by atoms with van der Waals surface area (Å²) in [5.74, 6) is -2.16. The highest BCUT2D eigenvalue weighted by Gasteiger charge is 2.12. The summed E-state index contributed by atoms with van der Waals surface area (Å²) in [6, 6.07) is 10.6. The second-order valence-electron chi connectivity index (χ2n) is 5.36. The Morgan fingerprint density at radius 2 is 1.83 bits per heavy atom. The normalized spacial score (nSPS) is 10.6. The molecule has 1 heterocycles. The molecule has 4 nitrogen and oxygen atoms in total. The Morgan fingerprint density at radius 1 is 1.08 bits per heavy atom. The van der Waals surface area contributed by atoms with Crippen molar-refractivity contribution in [3.8, 4) is 0 Å². The summed E-state index contributed by atoms with van der Waals surface area (Å²) < 4.78 is 28.4. The maximum Gasteiger partial charge on any atom is 0.254 e. The number of benzene rings is 2. The van der Waals surface area contributed by atoms with Crippen molar-refractivity contribution in [1.82, 2.24) is 14.9 Å². The first-order chi connectivity index (χ1) is 11.6. The number of nitrogens with zero attached hydrogens (tertiary/aromatic N) is 2. The maximum atomic E-state index is 13.6. The number of nitrogens with one attached hydrogen (secondary N) is 1. The third-order valence-corrected chi connectivity index (χ3v) is 3.58. The van der Waals surface area contributed by atoms with E-state index >= 15 is 0 Å². The number of amides is 1. The molecule has 3 rings (SSSR count). The van der Waals surface area contributed by atoms with Crippen LogP contribution in [0.25, 0.3) is 0 Å². The molecule has 1 N–H and O–H groups in total. The van der Waals surface area contributed by atoms with Gasteiger partial charge in [-0.25, -0.2) is 13.8 Å². The van der Waals surface area contributed by atoms with Gasteiger partial charge in [-0.2, -0.15) is 0 Å². The topological polar surface area (TPSA) is 46.9 Å². The zero-order valence-electron chi connectivity index (χ0n) is 12.7. The lowest BCUT2D eigenvalue weighted by Crippen LogP contribution is -2.23. The van der Waals surface area contributed by atoms with Crippen molar-refractivity contribution in [2.45, 2.75) is 13.1 Å². The molecule has 0 aliphatic heterocycles. The average molecular weight is 327 g/mol. The summed E-state index contributed by atoms with van der Waals surface area (Å²) >= 11 is 0. The lowest BCUT2D eigenvalue weighted by Gasteiger charge is -2.08. The van der Waals surface area contributed by atoms with Crippen LogP contribution in [0.2, 0.25) is 0 Å². The van der Waals surface area contributed by atoms with Crippen molar-refractivity contribution in [3.63, 3.8) is 0 Å². The van der Waals surface area contributed by atoms with E-state index in [9.17, 15) is 13.6 Å².